The molecular weight excluding hydrogens is 320 g/mol. The van der Waals surface area contributed by atoms with Crippen LogP contribution in [0.4, 0.5) is 0 Å². The second-order valence-corrected chi connectivity index (χ2v) is 5.72. The third-order valence-corrected chi connectivity index (χ3v) is 4.33. The van der Waals surface area contributed by atoms with Crippen LogP contribution < -0.4 is 0 Å². The smallest absolute Gasteiger partial charge is 0.237 e. The van der Waals surface area contributed by atoms with Crippen molar-refractivity contribution in [2.75, 3.05) is 0 Å². The summed E-state index contributed by atoms with van der Waals surface area (Å²) in [6, 6.07) is 12.5. The van der Waals surface area contributed by atoms with Crippen LogP contribution in [0, 0.1) is 0 Å². The number of carbonyl (C=O) groups excluding carboxylic acids is 4. The quantitative estimate of drug-likeness (QED) is 0.812. The van der Waals surface area contributed by atoms with E-state index in [4.69, 9.17) is 0 Å². The fourth-order valence-corrected chi connectivity index (χ4v) is 3.15. The third kappa shape index (κ3) is 2.03. The van der Waals surface area contributed by atoms with Gasteiger partial charge in [0.05, 0.1) is 5.57 Å². The van der Waals surface area contributed by atoms with E-state index in [1.165, 1.54) is 18.2 Å². The monoisotopic (exact) mass is 330 g/mol. The molecule has 0 radical (unpaired) electrons. The lowest BCUT2D eigenvalue weighted by atomic mass is 9.79. The van der Waals surface area contributed by atoms with Gasteiger partial charge < -0.3 is 5.11 Å². The summed E-state index contributed by atoms with van der Waals surface area (Å²) < 4.78 is 0. The van der Waals surface area contributed by atoms with Gasteiger partial charge in [-0.2, -0.15) is 0 Å². The van der Waals surface area contributed by atoms with Crippen molar-refractivity contribution in [2.45, 2.75) is 0 Å². The molecule has 120 valence electrons. The van der Waals surface area contributed by atoms with Crippen molar-refractivity contribution in [1.82, 2.24) is 0 Å². The highest BCUT2D eigenvalue weighted by molar-refractivity contribution is 6.57. The van der Waals surface area contributed by atoms with Crippen LogP contribution in [0.5, 0.6) is 0 Å². The van der Waals surface area contributed by atoms with E-state index in [0.717, 1.165) is 6.08 Å². The van der Waals surface area contributed by atoms with Gasteiger partial charge in [-0.25, -0.2) is 0 Å². The van der Waals surface area contributed by atoms with Crippen molar-refractivity contribution in [3.05, 3.63) is 82.4 Å². The molecule has 0 bridgehead atoms. The molecule has 0 fully saturated rings. The number of ketones is 4. The molecule has 5 nitrogen and oxygen atoms in total. The molecule has 0 heterocycles. The SMILES string of the molecule is O=C1C=C(C2=C(O)c3ccccc3C(=O)C2=O)c2ccccc2C1=O. The number of hydrogen-bond donors (Lipinski definition) is 1. The van der Waals surface area contributed by atoms with Gasteiger partial charge in [0.1, 0.15) is 5.76 Å². The van der Waals surface area contributed by atoms with Crippen molar-refractivity contribution >= 4 is 34.5 Å². The van der Waals surface area contributed by atoms with Crippen LogP contribution in [-0.2, 0) is 9.59 Å². The number of Topliss-reactive ketones (excluding diaryl/α,β-unsaturated/α-hetero) is 3. The second-order valence-electron chi connectivity index (χ2n) is 5.72. The summed E-state index contributed by atoms with van der Waals surface area (Å²) in [6.45, 7) is 0. The van der Waals surface area contributed by atoms with Gasteiger partial charge in [0.25, 0.3) is 0 Å². The maximum atomic E-state index is 12.6. The molecule has 2 aliphatic carbocycles. The average molecular weight is 330 g/mol. The number of aliphatic hydroxyl groups excluding tert-OH is 1. The van der Waals surface area contributed by atoms with Crippen molar-refractivity contribution in [3.63, 3.8) is 0 Å². The Hall–Kier alpha value is -3.60. The first-order valence-corrected chi connectivity index (χ1v) is 7.52. The Morgan fingerprint density at radius 2 is 1.12 bits per heavy atom. The Morgan fingerprint density at radius 1 is 0.600 bits per heavy atom. The molecule has 0 amide bonds. The molecule has 0 saturated heterocycles. The zero-order valence-electron chi connectivity index (χ0n) is 12.8. The molecule has 4 rings (SSSR count). The number of carbonyl (C=O) groups is 4. The molecule has 2 aromatic carbocycles. The molecule has 0 aromatic heterocycles. The minimum atomic E-state index is -0.903. The Labute approximate surface area is 141 Å². The van der Waals surface area contributed by atoms with Gasteiger partial charge in [-0.1, -0.05) is 48.5 Å². The van der Waals surface area contributed by atoms with Crippen LogP contribution in [0.25, 0.3) is 11.3 Å². The Balaban J connectivity index is 2.03. The van der Waals surface area contributed by atoms with E-state index in [0.29, 0.717) is 5.56 Å². The standard InChI is InChI=1S/C20H10O5/c21-15-9-14(10-5-1-2-6-11(10)17(15)22)16-18(23)12-7-3-4-8-13(12)19(24)20(16)25/h1-9,23H. The summed E-state index contributed by atoms with van der Waals surface area (Å²) in [7, 11) is 0. The first-order valence-electron chi connectivity index (χ1n) is 7.52. The van der Waals surface area contributed by atoms with Crippen LogP contribution in [0.1, 0.15) is 31.8 Å². The van der Waals surface area contributed by atoms with E-state index < -0.39 is 23.1 Å². The maximum absolute atomic E-state index is 12.6. The Bertz CT molecular complexity index is 1070. The second kappa shape index (κ2) is 5.21. The number of hydrogen-bond acceptors (Lipinski definition) is 5. The topological polar surface area (TPSA) is 88.5 Å². The van der Waals surface area contributed by atoms with Crippen LogP contribution in [0.15, 0.2) is 60.2 Å². The molecule has 2 aromatic rings. The minimum absolute atomic E-state index is 0.0885. The van der Waals surface area contributed by atoms with Gasteiger partial charge in [-0.3, -0.25) is 19.2 Å². The maximum Gasteiger partial charge on any atom is 0.237 e. The predicted molar refractivity (Wildman–Crippen MR) is 89.1 cm³/mol. The average Bonchev–Trinajstić information content (AvgIpc) is 2.64. The lowest BCUT2D eigenvalue weighted by Crippen LogP contribution is -2.27. The van der Waals surface area contributed by atoms with Crippen molar-refractivity contribution in [2.24, 2.45) is 0 Å². The predicted octanol–water partition coefficient (Wildman–Crippen LogP) is 2.57. The summed E-state index contributed by atoms with van der Waals surface area (Å²) in [4.78, 5) is 49.1. The van der Waals surface area contributed by atoms with Gasteiger partial charge in [0, 0.05) is 22.3 Å². The summed E-state index contributed by atoms with van der Waals surface area (Å²) in [5, 5.41) is 10.6. The summed E-state index contributed by atoms with van der Waals surface area (Å²) in [6.07, 6.45) is 1.01. The van der Waals surface area contributed by atoms with Gasteiger partial charge in [0.15, 0.2) is 0 Å². The molecule has 25 heavy (non-hydrogen) atoms. The highest BCUT2D eigenvalue weighted by atomic mass is 16.3. The van der Waals surface area contributed by atoms with Gasteiger partial charge in [-0.15, -0.1) is 0 Å². The molecule has 0 unspecified atom stereocenters. The van der Waals surface area contributed by atoms with E-state index in [1.807, 2.05) is 0 Å². The molecule has 2 aliphatic rings. The first kappa shape index (κ1) is 15.0. The number of rotatable bonds is 1. The summed E-state index contributed by atoms with van der Waals surface area (Å²) in [5.41, 5.74) is 0.659. The van der Waals surface area contributed by atoms with E-state index in [2.05, 4.69) is 0 Å². The zero-order valence-corrected chi connectivity index (χ0v) is 12.8. The summed E-state index contributed by atoms with van der Waals surface area (Å²) in [5.74, 6) is -3.52. The van der Waals surface area contributed by atoms with E-state index >= 15 is 0 Å². The molecule has 0 saturated carbocycles. The zero-order chi connectivity index (χ0) is 17.7. The molecular formula is C20H10O5. The van der Waals surface area contributed by atoms with Crippen LogP contribution in [0.2, 0.25) is 0 Å². The van der Waals surface area contributed by atoms with E-state index in [1.54, 1.807) is 30.3 Å². The lowest BCUT2D eigenvalue weighted by Gasteiger charge is -2.22. The highest BCUT2D eigenvalue weighted by Crippen LogP contribution is 2.38. The normalized spacial score (nSPS) is 16.6. The Morgan fingerprint density at radius 3 is 1.76 bits per heavy atom. The van der Waals surface area contributed by atoms with E-state index in [9.17, 15) is 24.3 Å². The molecule has 0 spiro atoms. The van der Waals surface area contributed by atoms with Crippen molar-refractivity contribution in [3.8, 4) is 0 Å². The fraction of sp³-hybridized carbons (Fsp3) is 0. The summed E-state index contributed by atoms with van der Waals surface area (Å²) >= 11 is 0. The fourth-order valence-electron chi connectivity index (χ4n) is 3.15. The number of aliphatic hydroxyl groups is 1. The first-order chi connectivity index (χ1) is 12.0. The van der Waals surface area contributed by atoms with Crippen LogP contribution in [-0.4, -0.2) is 28.2 Å². The largest absolute Gasteiger partial charge is 0.506 e. The Kier molecular flexibility index (Phi) is 3.12. The number of allylic oxidation sites excluding steroid dienone is 3. The van der Waals surface area contributed by atoms with Crippen LogP contribution >= 0.6 is 0 Å². The van der Waals surface area contributed by atoms with Gasteiger partial charge >= 0.3 is 0 Å². The molecule has 5 heteroatoms. The van der Waals surface area contributed by atoms with Gasteiger partial charge in [0.2, 0.25) is 23.1 Å². The number of benzene rings is 2. The van der Waals surface area contributed by atoms with Gasteiger partial charge in [-0.05, 0) is 11.6 Å². The minimum Gasteiger partial charge on any atom is -0.506 e. The van der Waals surface area contributed by atoms with Crippen LogP contribution in [0.3, 0.4) is 0 Å². The molecule has 1 N–H and O–H groups in total. The van der Waals surface area contributed by atoms with E-state index in [-0.39, 0.29) is 33.6 Å². The van der Waals surface area contributed by atoms with Crippen molar-refractivity contribution in [1.29, 1.82) is 0 Å². The van der Waals surface area contributed by atoms with Crippen molar-refractivity contribution < 1.29 is 24.3 Å². The lowest BCUT2D eigenvalue weighted by molar-refractivity contribution is -0.111. The number of fused-ring (bicyclic) bond motifs is 2. The molecule has 0 aliphatic heterocycles. The third-order valence-electron chi connectivity index (χ3n) is 4.33. The highest BCUT2D eigenvalue weighted by Gasteiger charge is 2.38. The molecule has 0 atom stereocenters.